The zero-order valence-corrected chi connectivity index (χ0v) is 18.7. The van der Waals surface area contributed by atoms with Gasteiger partial charge in [0.25, 0.3) is 0 Å². The van der Waals surface area contributed by atoms with Gasteiger partial charge in [0.05, 0.1) is 5.92 Å². The van der Waals surface area contributed by atoms with Gasteiger partial charge in [-0.2, -0.15) is 0 Å². The molecule has 1 atom stereocenters. The molecule has 1 N–H and O–H groups in total. The van der Waals surface area contributed by atoms with Crippen molar-refractivity contribution in [3.63, 3.8) is 0 Å². The summed E-state index contributed by atoms with van der Waals surface area (Å²) in [6, 6.07) is 23.3. The highest BCUT2D eigenvalue weighted by molar-refractivity contribution is 5.97. The number of hydrogen-bond donors (Lipinski definition) is 1. The Morgan fingerprint density at radius 1 is 1.00 bits per heavy atom. The van der Waals surface area contributed by atoms with E-state index in [2.05, 4.69) is 5.32 Å². The van der Waals surface area contributed by atoms with Crippen molar-refractivity contribution in [2.75, 3.05) is 23.3 Å². The molecule has 3 amide bonds. The quantitative estimate of drug-likeness (QED) is 0.500. The summed E-state index contributed by atoms with van der Waals surface area (Å²) < 4.78 is 13.6. The number of anilines is 2. The molecule has 3 aromatic rings. The summed E-state index contributed by atoms with van der Waals surface area (Å²) in [5.74, 6) is -0.620. The van der Waals surface area contributed by atoms with E-state index in [4.69, 9.17) is 0 Å². The lowest BCUT2D eigenvalue weighted by Crippen LogP contribution is -2.49. The Morgan fingerprint density at radius 2 is 1.79 bits per heavy atom. The first-order valence-corrected chi connectivity index (χ1v) is 11.3. The van der Waals surface area contributed by atoms with Gasteiger partial charge in [-0.25, -0.2) is 9.18 Å². The van der Waals surface area contributed by atoms with Crippen molar-refractivity contribution in [2.24, 2.45) is 0 Å². The van der Waals surface area contributed by atoms with Crippen molar-refractivity contribution in [3.8, 4) is 0 Å². The SMILES string of the molecule is CC[C@H](C(=O)Nc1cccc(N2CCCN(Cc3cccc(F)c3)C2=O)c1)c1ccccc1. The normalized spacial score (nSPS) is 14.8. The van der Waals surface area contributed by atoms with Crippen LogP contribution in [0, 0.1) is 5.82 Å². The molecule has 4 rings (SSSR count). The van der Waals surface area contributed by atoms with Crippen molar-refractivity contribution < 1.29 is 14.0 Å². The fourth-order valence-electron chi connectivity index (χ4n) is 4.26. The fraction of sp³-hybridized carbons (Fsp3) is 0.259. The maximum Gasteiger partial charge on any atom is 0.324 e. The summed E-state index contributed by atoms with van der Waals surface area (Å²) in [6.45, 7) is 3.57. The Labute approximate surface area is 193 Å². The van der Waals surface area contributed by atoms with Crippen molar-refractivity contribution in [1.82, 2.24) is 4.90 Å². The van der Waals surface area contributed by atoms with Crippen LogP contribution >= 0.6 is 0 Å². The highest BCUT2D eigenvalue weighted by atomic mass is 19.1. The molecule has 3 aromatic carbocycles. The van der Waals surface area contributed by atoms with Crippen LogP contribution in [0.3, 0.4) is 0 Å². The van der Waals surface area contributed by atoms with Gasteiger partial charge in [-0.1, -0.05) is 55.5 Å². The Bertz CT molecular complexity index is 1120. The van der Waals surface area contributed by atoms with Gasteiger partial charge in [-0.3, -0.25) is 9.69 Å². The third-order valence-electron chi connectivity index (χ3n) is 5.93. The molecule has 0 spiro atoms. The third-order valence-corrected chi connectivity index (χ3v) is 5.93. The molecule has 6 heteroatoms. The van der Waals surface area contributed by atoms with Crippen LogP contribution < -0.4 is 10.2 Å². The molecule has 0 aliphatic carbocycles. The molecular weight excluding hydrogens is 417 g/mol. The molecule has 1 fully saturated rings. The number of rotatable bonds is 7. The topological polar surface area (TPSA) is 52.7 Å². The molecule has 1 aliphatic heterocycles. The molecule has 1 aliphatic rings. The van der Waals surface area contributed by atoms with E-state index in [1.807, 2.05) is 67.6 Å². The van der Waals surface area contributed by atoms with Gasteiger partial charge in [0.2, 0.25) is 5.91 Å². The van der Waals surface area contributed by atoms with E-state index in [1.54, 1.807) is 15.9 Å². The number of amides is 3. The zero-order valence-electron chi connectivity index (χ0n) is 18.7. The predicted molar refractivity (Wildman–Crippen MR) is 129 cm³/mol. The lowest BCUT2D eigenvalue weighted by Gasteiger charge is -2.36. The van der Waals surface area contributed by atoms with Crippen LogP contribution in [0.25, 0.3) is 0 Å². The van der Waals surface area contributed by atoms with Gasteiger partial charge in [-0.05, 0) is 54.3 Å². The average Bonchev–Trinajstić information content (AvgIpc) is 2.82. The summed E-state index contributed by atoms with van der Waals surface area (Å²) in [5.41, 5.74) is 3.13. The standard InChI is InChI=1S/C27H28FN3O2/c1-2-25(21-10-4-3-5-11-21)26(32)29-23-13-7-14-24(18-23)31-16-8-15-30(27(31)33)19-20-9-6-12-22(28)17-20/h3-7,9-14,17-18,25H,2,8,15-16,19H2,1H3,(H,29,32)/t25-/m0/s1. The second-order valence-electron chi connectivity index (χ2n) is 8.25. The predicted octanol–water partition coefficient (Wildman–Crippen LogP) is 5.79. The van der Waals surface area contributed by atoms with E-state index in [1.165, 1.54) is 12.1 Å². The van der Waals surface area contributed by atoms with Crippen molar-refractivity contribution in [3.05, 3.63) is 95.8 Å². The molecule has 33 heavy (non-hydrogen) atoms. The highest BCUT2D eigenvalue weighted by Gasteiger charge is 2.27. The number of benzene rings is 3. The van der Waals surface area contributed by atoms with Gasteiger partial charge >= 0.3 is 6.03 Å². The Kier molecular flexibility index (Phi) is 7.03. The maximum atomic E-state index is 13.6. The molecule has 0 bridgehead atoms. The van der Waals surface area contributed by atoms with Crippen LogP contribution in [0.2, 0.25) is 0 Å². The summed E-state index contributed by atoms with van der Waals surface area (Å²) in [7, 11) is 0. The highest BCUT2D eigenvalue weighted by Crippen LogP contribution is 2.26. The van der Waals surface area contributed by atoms with E-state index in [0.717, 1.165) is 23.2 Å². The van der Waals surface area contributed by atoms with Crippen LogP contribution in [0.5, 0.6) is 0 Å². The molecule has 0 saturated carbocycles. The number of urea groups is 1. The number of halogens is 1. The van der Waals surface area contributed by atoms with Crippen molar-refractivity contribution >= 4 is 23.3 Å². The lowest BCUT2D eigenvalue weighted by atomic mass is 9.95. The van der Waals surface area contributed by atoms with Gasteiger partial charge in [-0.15, -0.1) is 0 Å². The first-order chi connectivity index (χ1) is 16.0. The molecule has 0 unspecified atom stereocenters. The second kappa shape index (κ2) is 10.3. The van der Waals surface area contributed by atoms with Crippen LogP contribution in [0.4, 0.5) is 20.6 Å². The number of hydrogen-bond acceptors (Lipinski definition) is 2. The monoisotopic (exact) mass is 445 g/mol. The second-order valence-corrected chi connectivity index (χ2v) is 8.25. The minimum atomic E-state index is -0.307. The van der Waals surface area contributed by atoms with Crippen LogP contribution in [0.15, 0.2) is 78.9 Å². The minimum absolute atomic E-state index is 0.0708. The van der Waals surface area contributed by atoms with E-state index in [0.29, 0.717) is 31.7 Å². The largest absolute Gasteiger partial charge is 0.325 e. The van der Waals surface area contributed by atoms with Crippen LogP contribution in [-0.2, 0) is 11.3 Å². The minimum Gasteiger partial charge on any atom is -0.325 e. The summed E-state index contributed by atoms with van der Waals surface area (Å²) in [4.78, 5) is 29.6. The van der Waals surface area contributed by atoms with E-state index >= 15 is 0 Å². The van der Waals surface area contributed by atoms with Crippen LogP contribution in [-0.4, -0.2) is 29.9 Å². The zero-order chi connectivity index (χ0) is 23.2. The third kappa shape index (κ3) is 5.40. The van der Waals surface area contributed by atoms with Gasteiger partial charge in [0.15, 0.2) is 0 Å². The molecular formula is C27H28FN3O2. The van der Waals surface area contributed by atoms with Crippen molar-refractivity contribution in [2.45, 2.75) is 32.2 Å². The van der Waals surface area contributed by atoms with Crippen molar-refractivity contribution in [1.29, 1.82) is 0 Å². The van der Waals surface area contributed by atoms with E-state index in [-0.39, 0.29) is 23.7 Å². The Balaban J connectivity index is 1.47. The van der Waals surface area contributed by atoms with Gasteiger partial charge in [0.1, 0.15) is 5.82 Å². The Morgan fingerprint density at radius 3 is 2.55 bits per heavy atom. The molecule has 1 heterocycles. The number of nitrogens with one attached hydrogen (secondary N) is 1. The van der Waals surface area contributed by atoms with E-state index in [9.17, 15) is 14.0 Å². The smallest absolute Gasteiger partial charge is 0.324 e. The molecule has 5 nitrogen and oxygen atoms in total. The summed E-state index contributed by atoms with van der Waals surface area (Å²) in [5, 5.41) is 3.01. The van der Waals surface area contributed by atoms with Gasteiger partial charge < -0.3 is 10.2 Å². The molecule has 0 aromatic heterocycles. The first kappa shape index (κ1) is 22.5. The number of carbonyl (C=O) groups excluding carboxylic acids is 2. The van der Waals surface area contributed by atoms with Gasteiger partial charge in [0, 0.05) is 31.0 Å². The number of carbonyl (C=O) groups is 2. The number of nitrogens with zero attached hydrogens (tertiary/aromatic N) is 2. The fourth-order valence-corrected chi connectivity index (χ4v) is 4.26. The first-order valence-electron chi connectivity index (χ1n) is 11.3. The van der Waals surface area contributed by atoms with E-state index < -0.39 is 0 Å². The lowest BCUT2D eigenvalue weighted by molar-refractivity contribution is -0.117. The maximum absolute atomic E-state index is 13.6. The summed E-state index contributed by atoms with van der Waals surface area (Å²) >= 11 is 0. The molecule has 170 valence electrons. The summed E-state index contributed by atoms with van der Waals surface area (Å²) in [6.07, 6.45) is 1.50. The molecule has 1 saturated heterocycles. The molecule has 0 radical (unpaired) electrons. The average molecular weight is 446 g/mol. The Hall–Kier alpha value is -3.67. The van der Waals surface area contributed by atoms with Crippen LogP contribution in [0.1, 0.15) is 36.8 Å².